The van der Waals surface area contributed by atoms with Gasteiger partial charge in [0.2, 0.25) is 5.95 Å². The predicted octanol–water partition coefficient (Wildman–Crippen LogP) is -0.286. The zero-order valence-electron chi connectivity index (χ0n) is 13.0. The van der Waals surface area contributed by atoms with Crippen LogP contribution in [0.5, 0.6) is 0 Å². The topological polar surface area (TPSA) is 88.0 Å². The second-order valence-electron chi connectivity index (χ2n) is 5.72. The molecule has 1 saturated heterocycles. The summed E-state index contributed by atoms with van der Waals surface area (Å²) in [6, 6.07) is 0. The van der Waals surface area contributed by atoms with Crippen LogP contribution in [0.25, 0.3) is 17.4 Å². The summed E-state index contributed by atoms with van der Waals surface area (Å²) in [6.45, 7) is 7.28. The van der Waals surface area contributed by atoms with Gasteiger partial charge in [-0.1, -0.05) is 5.57 Å². The molecule has 0 aliphatic carbocycles. The molecular weight excluding hydrogens is 284 g/mol. The number of anilines is 1. The van der Waals surface area contributed by atoms with Crippen molar-refractivity contribution < 1.29 is 0 Å². The van der Waals surface area contributed by atoms with E-state index in [-0.39, 0.29) is 0 Å². The molecule has 22 heavy (non-hydrogen) atoms. The molecule has 0 spiro atoms. The first kappa shape index (κ1) is 14.6. The smallest absolute Gasteiger partial charge is 0.329 e. The molecule has 0 bridgehead atoms. The Kier molecular flexibility index (Phi) is 3.61. The van der Waals surface area contributed by atoms with Crippen molar-refractivity contribution >= 4 is 23.3 Å². The highest BCUT2D eigenvalue weighted by Crippen LogP contribution is 2.21. The third-order valence-electron chi connectivity index (χ3n) is 3.72. The average Bonchev–Trinajstić information content (AvgIpc) is 2.85. The fourth-order valence-corrected chi connectivity index (χ4v) is 2.66. The lowest BCUT2D eigenvalue weighted by atomic mass is 10.3. The van der Waals surface area contributed by atoms with E-state index in [0.717, 1.165) is 31.8 Å². The molecule has 8 nitrogen and oxygen atoms in total. The number of fused-ring (bicyclic) bond motifs is 1. The summed E-state index contributed by atoms with van der Waals surface area (Å²) in [5.41, 5.74) is 0.983. The molecule has 1 aliphatic rings. The monoisotopic (exact) mass is 304 g/mol. The maximum absolute atomic E-state index is 12.3. The van der Waals surface area contributed by atoms with Gasteiger partial charge in [0.25, 0.3) is 5.56 Å². The summed E-state index contributed by atoms with van der Waals surface area (Å²) in [5.74, 6) is 0.699. The van der Waals surface area contributed by atoms with Crippen molar-refractivity contribution in [2.24, 2.45) is 7.05 Å². The molecule has 3 heterocycles. The highest BCUT2D eigenvalue weighted by atomic mass is 16.2. The standard InChI is InChI=1S/C14H20N6O2/c1-9(2)8-20-10-11(18(3)14(22)17-12(10)21)16-13(20)19-6-4-15-5-7-19/h8,15H,4-7H2,1-3H3,(H,17,21,22). The number of hydrogen-bond donors (Lipinski definition) is 2. The van der Waals surface area contributed by atoms with Crippen LogP contribution in [0, 0.1) is 0 Å². The molecule has 0 amide bonds. The van der Waals surface area contributed by atoms with Crippen molar-refractivity contribution in [1.29, 1.82) is 0 Å². The summed E-state index contributed by atoms with van der Waals surface area (Å²) in [4.78, 5) is 33.1. The van der Waals surface area contributed by atoms with Crippen molar-refractivity contribution in [2.45, 2.75) is 13.8 Å². The van der Waals surface area contributed by atoms with Crippen molar-refractivity contribution in [3.05, 3.63) is 26.4 Å². The summed E-state index contributed by atoms with van der Waals surface area (Å²) in [6.07, 6.45) is 1.88. The van der Waals surface area contributed by atoms with Gasteiger partial charge in [0.1, 0.15) is 0 Å². The van der Waals surface area contributed by atoms with Crippen LogP contribution >= 0.6 is 0 Å². The van der Waals surface area contributed by atoms with E-state index in [2.05, 4.69) is 20.2 Å². The predicted molar refractivity (Wildman–Crippen MR) is 86.3 cm³/mol. The molecule has 0 atom stereocenters. The van der Waals surface area contributed by atoms with Gasteiger partial charge in [0, 0.05) is 39.4 Å². The maximum Gasteiger partial charge on any atom is 0.329 e. The lowest BCUT2D eigenvalue weighted by Gasteiger charge is -2.28. The molecule has 2 aromatic heterocycles. The Bertz CT molecular complexity index is 847. The van der Waals surface area contributed by atoms with E-state index < -0.39 is 11.2 Å². The summed E-state index contributed by atoms with van der Waals surface area (Å²) < 4.78 is 3.16. The van der Waals surface area contributed by atoms with Crippen LogP contribution in [0.3, 0.4) is 0 Å². The second kappa shape index (κ2) is 5.45. The van der Waals surface area contributed by atoms with Gasteiger partial charge in [-0.15, -0.1) is 0 Å². The van der Waals surface area contributed by atoms with Crippen LogP contribution in [-0.2, 0) is 7.05 Å². The minimum Gasteiger partial charge on any atom is -0.339 e. The fourth-order valence-electron chi connectivity index (χ4n) is 2.66. The van der Waals surface area contributed by atoms with Gasteiger partial charge in [-0.2, -0.15) is 4.98 Å². The summed E-state index contributed by atoms with van der Waals surface area (Å²) >= 11 is 0. The largest absolute Gasteiger partial charge is 0.339 e. The molecule has 0 radical (unpaired) electrons. The number of H-pyrrole nitrogens is 1. The zero-order valence-corrected chi connectivity index (χ0v) is 13.0. The van der Waals surface area contributed by atoms with Gasteiger partial charge < -0.3 is 10.2 Å². The first-order valence-electron chi connectivity index (χ1n) is 7.31. The van der Waals surface area contributed by atoms with E-state index in [4.69, 9.17) is 0 Å². The number of aryl methyl sites for hydroxylation is 1. The first-order chi connectivity index (χ1) is 10.5. The Hall–Kier alpha value is -2.35. The lowest BCUT2D eigenvalue weighted by Crippen LogP contribution is -2.44. The lowest BCUT2D eigenvalue weighted by molar-refractivity contribution is 0.579. The number of nitrogens with zero attached hydrogens (tertiary/aromatic N) is 4. The Morgan fingerprint density at radius 1 is 1.23 bits per heavy atom. The van der Waals surface area contributed by atoms with E-state index in [1.54, 1.807) is 11.6 Å². The van der Waals surface area contributed by atoms with E-state index in [1.165, 1.54) is 4.57 Å². The number of rotatable bonds is 2. The average molecular weight is 304 g/mol. The highest BCUT2D eigenvalue weighted by molar-refractivity contribution is 5.77. The SMILES string of the molecule is CC(C)=Cn1c(N2CCNCC2)nc2c1c(=O)[nH]c(=O)n2C. The first-order valence-corrected chi connectivity index (χ1v) is 7.31. The van der Waals surface area contributed by atoms with Crippen molar-refractivity contribution in [1.82, 2.24) is 24.4 Å². The van der Waals surface area contributed by atoms with Crippen LogP contribution in [-0.4, -0.2) is 45.3 Å². The van der Waals surface area contributed by atoms with E-state index in [9.17, 15) is 9.59 Å². The molecule has 2 N–H and O–H groups in total. The molecule has 8 heteroatoms. The van der Waals surface area contributed by atoms with Gasteiger partial charge in [-0.05, 0) is 13.8 Å². The Balaban J connectivity index is 2.33. The van der Waals surface area contributed by atoms with Gasteiger partial charge in [-0.3, -0.25) is 18.9 Å². The van der Waals surface area contributed by atoms with E-state index in [1.807, 2.05) is 20.0 Å². The normalized spacial score (nSPS) is 15.3. The molecule has 0 saturated carbocycles. The van der Waals surface area contributed by atoms with Gasteiger partial charge in [0.05, 0.1) is 0 Å². The number of hydrogen-bond acceptors (Lipinski definition) is 5. The third-order valence-corrected chi connectivity index (χ3v) is 3.72. The van der Waals surface area contributed by atoms with Crippen molar-refractivity contribution in [2.75, 3.05) is 31.1 Å². The Labute approximate surface area is 127 Å². The third kappa shape index (κ3) is 2.35. The number of allylic oxidation sites excluding steroid dienone is 1. The molecule has 0 unspecified atom stereocenters. The van der Waals surface area contributed by atoms with Gasteiger partial charge in [0.15, 0.2) is 11.2 Å². The molecule has 2 aromatic rings. The number of aromatic amines is 1. The molecule has 1 fully saturated rings. The van der Waals surface area contributed by atoms with Gasteiger partial charge >= 0.3 is 5.69 Å². The Morgan fingerprint density at radius 3 is 2.55 bits per heavy atom. The van der Waals surface area contributed by atoms with Crippen LogP contribution < -0.4 is 21.5 Å². The number of piperazine rings is 1. The quantitative estimate of drug-likeness (QED) is 0.796. The molecule has 3 rings (SSSR count). The van der Waals surface area contributed by atoms with Crippen LogP contribution in [0.15, 0.2) is 15.2 Å². The van der Waals surface area contributed by atoms with Crippen LogP contribution in [0.1, 0.15) is 13.8 Å². The van der Waals surface area contributed by atoms with Crippen LogP contribution in [0.2, 0.25) is 0 Å². The molecular formula is C14H20N6O2. The number of imidazole rings is 1. The maximum atomic E-state index is 12.3. The molecule has 118 valence electrons. The number of aromatic nitrogens is 4. The fraction of sp³-hybridized carbons (Fsp3) is 0.500. The van der Waals surface area contributed by atoms with Gasteiger partial charge in [-0.25, -0.2) is 4.79 Å². The Morgan fingerprint density at radius 2 is 1.91 bits per heavy atom. The second-order valence-corrected chi connectivity index (χ2v) is 5.72. The van der Waals surface area contributed by atoms with Crippen molar-refractivity contribution in [3.63, 3.8) is 0 Å². The minimum absolute atomic E-state index is 0.400. The molecule has 0 aromatic carbocycles. The number of nitrogens with one attached hydrogen (secondary N) is 2. The summed E-state index contributed by atoms with van der Waals surface area (Å²) in [7, 11) is 1.61. The highest BCUT2D eigenvalue weighted by Gasteiger charge is 2.21. The minimum atomic E-state index is -0.453. The molecule has 1 aliphatic heterocycles. The zero-order chi connectivity index (χ0) is 15.9. The van der Waals surface area contributed by atoms with Crippen molar-refractivity contribution in [3.8, 4) is 0 Å². The van der Waals surface area contributed by atoms with E-state index in [0.29, 0.717) is 17.1 Å². The summed E-state index contributed by atoms with van der Waals surface area (Å²) in [5, 5.41) is 3.29. The van der Waals surface area contributed by atoms with Crippen LogP contribution in [0.4, 0.5) is 5.95 Å². The van der Waals surface area contributed by atoms with E-state index >= 15 is 0 Å².